The second-order valence-electron chi connectivity index (χ2n) is 6.77. The highest BCUT2D eigenvalue weighted by Gasteiger charge is 2.44. The average Bonchev–Trinajstić information content (AvgIpc) is 2.72. The fourth-order valence-electron chi connectivity index (χ4n) is 3.24. The summed E-state index contributed by atoms with van der Waals surface area (Å²) in [7, 11) is -4.00. The molecule has 2 aromatic rings. The standard InChI is InChI=1S/C19H23N3O6S/c1-13-11-22(18(14(2)28-13)19(23)21-24)29(25,26)17-7-5-16(6-8-17)27-12-15-4-3-9-20-10-15/h3-10,13-14,18,24H,11-12H2,1-2H3,(H,21,23)/t13-,14-,18+/m0/s1. The van der Waals surface area contributed by atoms with Crippen molar-refractivity contribution in [2.75, 3.05) is 6.54 Å². The third kappa shape index (κ3) is 4.73. The van der Waals surface area contributed by atoms with E-state index in [1.54, 1.807) is 44.4 Å². The number of carbonyl (C=O) groups excluding carboxylic acids is 1. The number of hydrogen-bond donors (Lipinski definition) is 2. The molecule has 2 heterocycles. The van der Waals surface area contributed by atoms with Crippen molar-refractivity contribution in [2.45, 2.75) is 43.6 Å². The van der Waals surface area contributed by atoms with Crippen molar-refractivity contribution in [3.8, 4) is 5.75 Å². The number of nitrogens with one attached hydrogen (secondary N) is 1. The Morgan fingerprint density at radius 3 is 2.66 bits per heavy atom. The van der Waals surface area contributed by atoms with Crippen LogP contribution in [0.1, 0.15) is 19.4 Å². The van der Waals surface area contributed by atoms with E-state index >= 15 is 0 Å². The van der Waals surface area contributed by atoms with Gasteiger partial charge in [-0.3, -0.25) is 15.0 Å². The molecule has 0 saturated carbocycles. The number of morpholine rings is 1. The summed E-state index contributed by atoms with van der Waals surface area (Å²) in [4.78, 5) is 16.1. The van der Waals surface area contributed by atoms with Crippen molar-refractivity contribution in [3.63, 3.8) is 0 Å². The molecule has 0 bridgehead atoms. The summed E-state index contributed by atoms with van der Waals surface area (Å²) in [6.07, 6.45) is 2.24. The average molecular weight is 421 g/mol. The zero-order valence-corrected chi connectivity index (χ0v) is 16.9. The number of amides is 1. The number of hydroxylamine groups is 1. The van der Waals surface area contributed by atoms with Gasteiger partial charge in [0, 0.05) is 24.5 Å². The van der Waals surface area contributed by atoms with Crippen LogP contribution in [0.4, 0.5) is 0 Å². The smallest absolute Gasteiger partial charge is 0.264 e. The van der Waals surface area contributed by atoms with Gasteiger partial charge in [0.15, 0.2) is 0 Å². The van der Waals surface area contributed by atoms with Crippen molar-refractivity contribution >= 4 is 15.9 Å². The molecule has 1 aliphatic heterocycles. The van der Waals surface area contributed by atoms with Gasteiger partial charge in [0.25, 0.3) is 5.91 Å². The van der Waals surface area contributed by atoms with Crippen LogP contribution in [0.25, 0.3) is 0 Å². The monoisotopic (exact) mass is 421 g/mol. The van der Waals surface area contributed by atoms with Crippen molar-refractivity contribution in [2.24, 2.45) is 0 Å². The SMILES string of the molecule is C[C@@H]1O[C@@H](C)CN(S(=O)(=O)c2ccc(OCc3cccnc3)cc2)[C@H]1C(=O)NO. The summed E-state index contributed by atoms with van der Waals surface area (Å²) in [5.41, 5.74) is 2.41. The first-order valence-electron chi connectivity index (χ1n) is 9.06. The van der Waals surface area contributed by atoms with Gasteiger partial charge in [-0.05, 0) is 44.2 Å². The maximum Gasteiger partial charge on any atom is 0.264 e. The van der Waals surface area contributed by atoms with Gasteiger partial charge in [-0.1, -0.05) is 6.07 Å². The molecule has 2 N–H and O–H groups in total. The molecule has 1 saturated heterocycles. The number of nitrogens with zero attached hydrogens (tertiary/aromatic N) is 2. The van der Waals surface area contributed by atoms with Crippen LogP contribution >= 0.6 is 0 Å². The number of benzene rings is 1. The molecule has 0 unspecified atom stereocenters. The highest BCUT2D eigenvalue weighted by atomic mass is 32.2. The third-order valence-electron chi connectivity index (χ3n) is 4.58. The highest BCUT2D eigenvalue weighted by molar-refractivity contribution is 7.89. The lowest BCUT2D eigenvalue weighted by Gasteiger charge is -2.40. The van der Waals surface area contributed by atoms with Gasteiger partial charge in [0.05, 0.1) is 17.1 Å². The van der Waals surface area contributed by atoms with E-state index in [-0.39, 0.29) is 11.4 Å². The Kier molecular flexibility index (Phi) is 6.48. The van der Waals surface area contributed by atoms with Crippen molar-refractivity contribution in [1.82, 2.24) is 14.8 Å². The Morgan fingerprint density at radius 1 is 1.31 bits per heavy atom. The van der Waals surface area contributed by atoms with Crippen molar-refractivity contribution < 1.29 is 27.9 Å². The molecular weight excluding hydrogens is 398 g/mol. The molecule has 1 aromatic heterocycles. The summed E-state index contributed by atoms with van der Waals surface area (Å²) >= 11 is 0. The molecule has 1 amide bonds. The van der Waals surface area contributed by atoms with E-state index in [0.29, 0.717) is 12.4 Å². The lowest BCUT2D eigenvalue weighted by Crippen LogP contribution is -2.60. The van der Waals surface area contributed by atoms with E-state index < -0.39 is 34.2 Å². The van der Waals surface area contributed by atoms with E-state index in [1.165, 1.54) is 17.6 Å². The minimum absolute atomic E-state index is 0.00990. The van der Waals surface area contributed by atoms with Crippen molar-refractivity contribution in [3.05, 3.63) is 54.4 Å². The number of carbonyl (C=O) groups is 1. The summed E-state index contributed by atoms with van der Waals surface area (Å²) in [6, 6.07) is 8.45. The molecule has 1 fully saturated rings. The number of pyridine rings is 1. The topological polar surface area (TPSA) is 118 Å². The van der Waals surface area contributed by atoms with Crippen LogP contribution in [0.15, 0.2) is 53.7 Å². The Hall–Kier alpha value is -2.53. The van der Waals surface area contributed by atoms with E-state index in [2.05, 4.69) is 4.98 Å². The Bertz CT molecular complexity index is 936. The molecule has 1 aromatic carbocycles. The van der Waals surface area contributed by atoms with Crippen LogP contribution in [-0.2, 0) is 26.2 Å². The fraction of sp³-hybridized carbons (Fsp3) is 0.368. The van der Waals surface area contributed by atoms with Gasteiger partial charge in [-0.2, -0.15) is 4.31 Å². The second-order valence-corrected chi connectivity index (χ2v) is 8.66. The zero-order valence-electron chi connectivity index (χ0n) is 16.1. The van der Waals surface area contributed by atoms with Gasteiger partial charge < -0.3 is 9.47 Å². The number of ether oxygens (including phenoxy) is 2. The highest BCUT2D eigenvalue weighted by Crippen LogP contribution is 2.27. The molecule has 0 aliphatic carbocycles. The van der Waals surface area contributed by atoms with Crippen LogP contribution in [0.2, 0.25) is 0 Å². The molecule has 3 atom stereocenters. The second kappa shape index (κ2) is 8.87. The quantitative estimate of drug-likeness (QED) is 0.534. The van der Waals surface area contributed by atoms with Crippen LogP contribution in [-0.4, -0.2) is 53.6 Å². The van der Waals surface area contributed by atoms with Crippen LogP contribution < -0.4 is 10.2 Å². The molecule has 156 valence electrons. The zero-order chi connectivity index (χ0) is 21.0. The summed E-state index contributed by atoms with van der Waals surface area (Å²) in [5.74, 6) is -0.342. The predicted octanol–water partition coefficient (Wildman–Crippen LogP) is 1.33. The predicted molar refractivity (Wildman–Crippen MR) is 103 cm³/mol. The van der Waals surface area contributed by atoms with Crippen molar-refractivity contribution in [1.29, 1.82) is 0 Å². The maximum absolute atomic E-state index is 13.2. The molecule has 29 heavy (non-hydrogen) atoms. The van der Waals surface area contributed by atoms with Crippen LogP contribution in [0.5, 0.6) is 5.75 Å². The molecule has 1 aliphatic rings. The van der Waals surface area contributed by atoms with Gasteiger partial charge in [0.1, 0.15) is 18.4 Å². The first-order chi connectivity index (χ1) is 13.8. The number of hydrogen-bond acceptors (Lipinski definition) is 7. The number of sulfonamides is 1. The molecule has 3 rings (SSSR count). The fourth-order valence-corrected chi connectivity index (χ4v) is 4.96. The Balaban J connectivity index is 1.79. The summed E-state index contributed by atoms with van der Waals surface area (Å²) in [6.45, 7) is 3.61. The van der Waals surface area contributed by atoms with E-state index in [1.807, 2.05) is 6.07 Å². The Labute approximate surface area is 169 Å². The third-order valence-corrected chi connectivity index (χ3v) is 6.44. The minimum Gasteiger partial charge on any atom is -0.489 e. The van der Waals surface area contributed by atoms with E-state index in [9.17, 15) is 13.2 Å². The van der Waals surface area contributed by atoms with E-state index in [0.717, 1.165) is 9.87 Å². The Morgan fingerprint density at radius 2 is 2.03 bits per heavy atom. The van der Waals surface area contributed by atoms with Gasteiger partial charge >= 0.3 is 0 Å². The van der Waals surface area contributed by atoms with Crippen LogP contribution in [0.3, 0.4) is 0 Å². The van der Waals surface area contributed by atoms with Gasteiger partial charge in [-0.25, -0.2) is 13.9 Å². The first-order valence-corrected chi connectivity index (χ1v) is 10.5. The lowest BCUT2D eigenvalue weighted by molar-refractivity contribution is -0.146. The van der Waals surface area contributed by atoms with E-state index in [4.69, 9.17) is 14.7 Å². The number of aromatic nitrogens is 1. The minimum atomic E-state index is -4.00. The van der Waals surface area contributed by atoms with Gasteiger partial charge in [0.2, 0.25) is 10.0 Å². The molecule has 9 nitrogen and oxygen atoms in total. The van der Waals surface area contributed by atoms with Crippen LogP contribution in [0, 0.1) is 0 Å². The normalized spacial score (nSPS) is 22.8. The molecular formula is C19H23N3O6S. The molecule has 10 heteroatoms. The first kappa shape index (κ1) is 21.2. The lowest BCUT2D eigenvalue weighted by atomic mass is 10.1. The maximum atomic E-state index is 13.2. The van der Waals surface area contributed by atoms with Gasteiger partial charge in [-0.15, -0.1) is 0 Å². The largest absolute Gasteiger partial charge is 0.489 e. The molecule has 0 radical (unpaired) electrons. The molecule has 0 spiro atoms. The summed E-state index contributed by atoms with van der Waals surface area (Å²) < 4.78 is 38.6. The number of rotatable bonds is 6. The summed E-state index contributed by atoms with van der Waals surface area (Å²) in [5, 5.41) is 9.02.